The van der Waals surface area contributed by atoms with Crippen LogP contribution in [-0.4, -0.2) is 72.4 Å². The molecule has 2 heterocycles. The zero-order valence-electron chi connectivity index (χ0n) is 31.8. The van der Waals surface area contributed by atoms with Crippen LogP contribution >= 0.6 is 0 Å². The Balaban J connectivity index is 1.23. The van der Waals surface area contributed by atoms with Gasteiger partial charge in [-0.1, -0.05) is 70.2 Å². The van der Waals surface area contributed by atoms with E-state index in [1.807, 2.05) is 30.3 Å². The molecule has 2 aliphatic heterocycles. The van der Waals surface area contributed by atoms with E-state index < -0.39 is 78.2 Å². The highest BCUT2D eigenvalue weighted by Crippen LogP contribution is 2.71. The molecule has 7 rings (SSSR count). The summed E-state index contributed by atoms with van der Waals surface area (Å²) in [6.07, 6.45) is 7.89. The normalized spacial score (nSPS) is 35.4. The number of carbonyl (C=O) groups excluding carboxylic acids is 3. The van der Waals surface area contributed by atoms with Crippen LogP contribution in [0.25, 0.3) is 0 Å². The molecule has 4 bridgehead atoms. The van der Waals surface area contributed by atoms with Gasteiger partial charge < -0.3 is 4.74 Å². The minimum atomic E-state index is -3.95. The fourth-order valence-electron chi connectivity index (χ4n) is 11.8. The van der Waals surface area contributed by atoms with Crippen molar-refractivity contribution in [3.8, 4) is 0 Å². The second-order valence-corrected chi connectivity index (χ2v) is 22.6. The largest absolute Gasteiger partial charge is 0.460 e. The molecule has 286 valence electrons. The van der Waals surface area contributed by atoms with Gasteiger partial charge in [0.1, 0.15) is 5.60 Å². The van der Waals surface area contributed by atoms with Gasteiger partial charge in [-0.2, -0.15) is 0 Å². The Labute approximate surface area is 310 Å². The molecule has 6 fully saturated rings. The van der Waals surface area contributed by atoms with Gasteiger partial charge in [0.2, 0.25) is 31.9 Å². The third-order valence-corrected chi connectivity index (χ3v) is 18.7. The number of benzene rings is 1. The van der Waals surface area contributed by atoms with E-state index in [4.69, 9.17) is 4.74 Å². The fourth-order valence-corrected chi connectivity index (χ4v) is 17.0. The maximum atomic E-state index is 14.7. The average molecular weight is 757 g/mol. The quantitative estimate of drug-likeness (QED) is 0.226. The highest BCUT2D eigenvalue weighted by Gasteiger charge is 2.73. The summed E-state index contributed by atoms with van der Waals surface area (Å²) in [6, 6.07) is 8.48. The Morgan fingerprint density at radius 2 is 1.25 bits per heavy atom. The lowest BCUT2D eigenvalue weighted by molar-refractivity contribution is -0.155. The molecule has 2 spiro atoms. The van der Waals surface area contributed by atoms with E-state index in [-0.39, 0.29) is 41.6 Å². The van der Waals surface area contributed by atoms with Gasteiger partial charge in [-0.05, 0) is 100 Å². The Bertz CT molecular complexity index is 1900. The molecule has 0 aromatic heterocycles. The molecule has 2 saturated heterocycles. The zero-order chi connectivity index (χ0) is 37.9. The summed E-state index contributed by atoms with van der Waals surface area (Å²) in [5, 5.41) is 0. The molecule has 1 aromatic rings. The lowest BCUT2D eigenvalue weighted by Crippen LogP contribution is -2.47. The van der Waals surface area contributed by atoms with E-state index in [2.05, 4.69) is 27.7 Å². The Morgan fingerprint density at radius 1 is 0.788 bits per heavy atom. The Morgan fingerprint density at radius 3 is 1.71 bits per heavy atom. The molecule has 4 saturated carbocycles. The first-order valence-corrected chi connectivity index (χ1v) is 22.3. The van der Waals surface area contributed by atoms with Crippen LogP contribution in [0.2, 0.25) is 0 Å². The number of hydrogen-bond acceptors (Lipinski definition) is 8. The summed E-state index contributed by atoms with van der Waals surface area (Å²) in [6.45, 7) is 13.8. The lowest BCUT2D eigenvalue weighted by atomic mass is 9.69. The Hall–Kier alpha value is -2.73. The van der Waals surface area contributed by atoms with E-state index in [0.29, 0.717) is 24.7 Å². The van der Waals surface area contributed by atoms with Gasteiger partial charge in [0.05, 0.1) is 35.4 Å². The number of esters is 1. The van der Waals surface area contributed by atoms with Crippen molar-refractivity contribution in [3.05, 3.63) is 48.0 Å². The van der Waals surface area contributed by atoms with E-state index in [1.165, 1.54) is 4.31 Å². The standard InChI is InChI=1S/C40H56N2O8S2/c1-36(2,3)50-33(43)16-15-27(34(44)41-31-22-29-17-19-39(31,37(29,4)5)24-51(41,46)47)13-14-28(21-26-11-9-8-10-12-26)35(45)42-32-23-30-18-20-40(32,38(30,6)7)25-52(42,48)49/h8-14,27-32H,15-25H2,1-7H3/t27-,28-,29?,30?,31+,32+,39?,40?/m1/s1. The molecule has 2 amide bonds. The van der Waals surface area contributed by atoms with Gasteiger partial charge in [-0.25, -0.2) is 25.4 Å². The van der Waals surface area contributed by atoms with Crippen molar-refractivity contribution < 1.29 is 36.0 Å². The Kier molecular flexibility index (Phi) is 8.77. The first-order valence-electron chi connectivity index (χ1n) is 19.1. The van der Waals surface area contributed by atoms with Gasteiger partial charge in [0.25, 0.3) is 0 Å². The third kappa shape index (κ3) is 5.61. The second-order valence-electron chi connectivity index (χ2n) is 18.9. The van der Waals surface area contributed by atoms with Crippen molar-refractivity contribution >= 4 is 37.8 Å². The van der Waals surface area contributed by atoms with Gasteiger partial charge in [-0.3, -0.25) is 14.4 Å². The molecule has 10 nitrogen and oxygen atoms in total. The smallest absolute Gasteiger partial charge is 0.306 e. The van der Waals surface area contributed by atoms with Gasteiger partial charge in [0, 0.05) is 17.3 Å². The molecule has 8 atom stereocenters. The van der Waals surface area contributed by atoms with Crippen LogP contribution in [0.3, 0.4) is 0 Å². The van der Waals surface area contributed by atoms with Crippen molar-refractivity contribution in [3.63, 3.8) is 0 Å². The molecule has 4 unspecified atom stereocenters. The molecular formula is C40H56N2O8S2. The van der Waals surface area contributed by atoms with Crippen LogP contribution < -0.4 is 0 Å². The molecule has 1 aromatic carbocycles. The number of fused-ring (bicyclic) bond motifs is 2. The summed E-state index contributed by atoms with van der Waals surface area (Å²) in [7, 11) is -7.86. The second kappa shape index (κ2) is 12.1. The predicted molar refractivity (Wildman–Crippen MR) is 197 cm³/mol. The van der Waals surface area contributed by atoms with Crippen LogP contribution in [0.4, 0.5) is 0 Å². The van der Waals surface area contributed by atoms with Gasteiger partial charge >= 0.3 is 5.97 Å². The van der Waals surface area contributed by atoms with Crippen molar-refractivity contribution in [2.45, 2.75) is 124 Å². The summed E-state index contributed by atoms with van der Waals surface area (Å²) >= 11 is 0. The highest BCUT2D eigenvalue weighted by molar-refractivity contribution is 7.90. The summed E-state index contributed by atoms with van der Waals surface area (Å²) < 4.78 is 63.6. The third-order valence-electron chi connectivity index (χ3n) is 14.8. The van der Waals surface area contributed by atoms with Crippen LogP contribution in [0.5, 0.6) is 0 Å². The zero-order valence-corrected chi connectivity index (χ0v) is 33.4. The molecule has 0 radical (unpaired) electrons. The maximum absolute atomic E-state index is 14.7. The summed E-state index contributed by atoms with van der Waals surface area (Å²) in [5.41, 5.74) is -1.38. The van der Waals surface area contributed by atoms with Crippen LogP contribution in [0, 0.1) is 45.3 Å². The topological polar surface area (TPSA) is 135 Å². The van der Waals surface area contributed by atoms with Crippen LogP contribution in [-0.2, 0) is 45.6 Å². The summed E-state index contributed by atoms with van der Waals surface area (Å²) in [5.74, 6) is -3.09. The first-order chi connectivity index (χ1) is 24.1. The molecular weight excluding hydrogens is 701 g/mol. The predicted octanol–water partition coefficient (Wildman–Crippen LogP) is 5.87. The number of carbonyl (C=O) groups is 3. The molecule has 12 heteroatoms. The summed E-state index contributed by atoms with van der Waals surface area (Å²) in [4.78, 5) is 42.3. The maximum Gasteiger partial charge on any atom is 0.306 e. The highest BCUT2D eigenvalue weighted by atomic mass is 32.2. The minimum absolute atomic E-state index is 0.0152. The number of nitrogens with zero attached hydrogens (tertiary/aromatic N) is 2. The molecule has 4 aliphatic carbocycles. The number of hydrogen-bond donors (Lipinski definition) is 0. The number of amides is 2. The molecule has 52 heavy (non-hydrogen) atoms. The lowest BCUT2D eigenvalue weighted by Gasteiger charge is -2.37. The van der Waals surface area contributed by atoms with Crippen molar-refractivity contribution in [1.29, 1.82) is 0 Å². The van der Waals surface area contributed by atoms with Gasteiger partial charge in [-0.15, -0.1) is 0 Å². The minimum Gasteiger partial charge on any atom is -0.460 e. The monoisotopic (exact) mass is 756 g/mol. The van der Waals surface area contributed by atoms with Gasteiger partial charge in [0.15, 0.2) is 0 Å². The van der Waals surface area contributed by atoms with Crippen LogP contribution in [0.1, 0.15) is 105 Å². The van der Waals surface area contributed by atoms with E-state index >= 15 is 0 Å². The average Bonchev–Trinajstić information content (AvgIpc) is 3.73. The van der Waals surface area contributed by atoms with Crippen molar-refractivity contribution in [1.82, 2.24) is 8.61 Å². The number of rotatable bonds is 9. The molecule has 0 N–H and O–H groups in total. The van der Waals surface area contributed by atoms with Crippen LogP contribution in [0.15, 0.2) is 42.5 Å². The van der Waals surface area contributed by atoms with Crippen molar-refractivity contribution in [2.24, 2.45) is 45.3 Å². The molecule has 6 aliphatic rings. The number of ether oxygens (including phenoxy) is 1. The number of sulfonamides is 2. The SMILES string of the molecule is CC(C)(C)OC(=O)CC[C@@H](C=C[C@H](Cc1ccccc1)C(=O)N1[C@H]2CC3CCC2(CS1(=O)=O)C3(C)C)C(=O)N1[C@H]2CC3CCC2(CS1(=O)=O)C3(C)C. The fraction of sp³-hybridized carbons (Fsp3) is 0.725. The van der Waals surface area contributed by atoms with E-state index in [9.17, 15) is 31.2 Å². The van der Waals surface area contributed by atoms with E-state index in [0.717, 1.165) is 35.6 Å². The van der Waals surface area contributed by atoms with E-state index in [1.54, 1.807) is 32.9 Å². The van der Waals surface area contributed by atoms with Crippen molar-refractivity contribution in [2.75, 3.05) is 11.5 Å². The first kappa shape index (κ1) is 37.6.